The van der Waals surface area contributed by atoms with Gasteiger partial charge in [0.2, 0.25) is 5.91 Å². The molecule has 0 bridgehead atoms. The van der Waals surface area contributed by atoms with Gasteiger partial charge in [0.1, 0.15) is 11.6 Å². The number of halogens is 1. The van der Waals surface area contributed by atoms with Crippen LogP contribution in [0, 0.1) is 12.7 Å². The molecule has 8 heteroatoms. The molecule has 0 fully saturated rings. The van der Waals surface area contributed by atoms with Gasteiger partial charge in [-0.2, -0.15) is 0 Å². The Hall–Kier alpha value is -3.81. The van der Waals surface area contributed by atoms with E-state index in [0.717, 1.165) is 0 Å². The van der Waals surface area contributed by atoms with Crippen molar-refractivity contribution in [1.29, 1.82) is 0 Å². The molecule has 2 aromatic carbocycles. The molecule has 0 aliphatic heterocycles. The molecule has 1 N–H and O–H groups in total. The Morgan fingerprint density at radius 2 is 2.00 bits per heavy atom. The summed E-state index contributed by atoms with van der Waals surface area (Å²) in [4.78, 5) is 33.0. The van der Waals surface area contributed by atoms with Gasteiger partial charge in [-0.25, -0.2) is 14.4 Å². The van der Waals surface area contributed by atoms with E-state index in [1.807, 2.05) is 6.07 Å². The van der Waals surface area contributed by atoms with E-state index in [1.165, 1.54) is 17.0 Å². The monoisotopic (exact) mass is 405 g/mol. The number of fused-ring (bicyclic) bond motifs is 1. The molecule has 0 aliphatic carbocycles. The van der Waals surface area contributed by atoms with Gasteiger partial charge in [-0.1, -0.05) is 18.2 Å². The number of carbonyl (C=O) groups excluding carboxylic acids is 1. The summed E-state index contributed by atoms with van der Waals surface area (Å²) in [6.45, 7) is 2.21. The van der Waals surface area contributed by atoms with E-state index < -0.39 is 5.82 Å². The molecule has 0 atom stereocenters. The summed E-state index contributed by atoms with van der Waals surface area (Å²) in [7, 11) is 0. The number of aryl methyl sites for hydroxylation is 2. The molecule has 0 spiro atoms. The molecule has 4 aromatic rings. The zero-order chi connectivity index (χ0) is 21.1. The van der Waals surface area contributed by atoms with Gasteiger partial charge in [0, 0.05) is 31.9 Å². The lowest BCUT2D eigenvalue weighted by Crippen LogP contribution is -2.27. The maximum Gasteiger partial charge on any atom is 0.261 e. The molecule has 0 aliphatic rings. The number of rotatable bonds is 6. The van der Waals surface area contributed by atoms with E-state index in [1.54, 1.807) is 54.2 Å². The quantitative estimate of drug-likeness (QED) is 0.535. The Balaban J connectivity index is 1.36. The highest BCUT2D eigenvalue weighted by atomic mass is 19.1. The first-order valence-corrected chi connectivity index (χ1v) is 9.52. The van der Waals surface area contributed by atoms with Crippen LogP contribution < -0.4 is 10.9 Å². The zero-order valence-corrected chi connectivity index (χ0v) is 16.4. The molecule has 7 nitrogen and oxygen atoms in total. The summed E-state index contributed by atoms with van der Waals surface area (Å²) >= 11 is 0. The molecule has 0 saturated heterocycles. The molecular weight excluding hydrogens is 385 g/mol. The Kier molecular flexibility index (Phi) is 5.38. The van der Waals surface area contributed by atoms with Crippen molar-refractivity contribution < 1.29 is 9.18 Å². The predicted octanol–water partition coefficient (Wildman–Crippen LogP) is 2.74. The minimum absolute atomic E-state index is 0.120. The number of nitrogens with one attached hydrogen (secondary N) is 1. The molecule has 4 rings (SSSR count). The number of carbonyl (C=O) groups is 1. The van der Waals surface area contributed by atoms with Crippen molar-refractivity contribution in [2.24, 2.45) is 0 Å². The second-order valence-electron chi connectivity index (χ2n) is 6.92. The summed E-state index contributed by atoms with van der Waals surface area (Å²) in [6, 6.07) is 11.9. The first-order valence-electron chi connectivity index (χ1n) is 9.52. The molecule has 0 saturated carbocycles. The third-order valence-corrected chi connectivity index (χ3v) is 4.90. The number of nitrogens with zero attached hydrogens (tertiary/aromatic N) is 4. The second-order valence-corrected chi connectivity index (χ2v) is 6.92. The highest BCUT2D eigenvalue weighted by molar-refractivity contribution is 5.77. The molecule has 0 unspecified atom stereocenters. The topological polar surface area (TPSA) is 81.8 Å². The van der Waals surface area contributed by atoms with Crippen molar-refractivity contribution in [1.82, 2.24) is 24.4 Å². The highest BCUT2D eigenvalue weighted by Gasteiger charge is 2.10. The number of aromatic nitrogens is 4. The van der Waals surface area contributed by atoms with Gasteiger partial charge < -0.3 is 9.88 Å². The van der Waals surface area contributed by atoms with Gasteiger partial charge >= 0.3 is 0 Å². The molecule has 2 aromatic heterocycles. The molecule has 152 valence electrons. The van der Waals surface area contributed by atoms with Crippen molar-refractivity contribution in [2.45, 2.75) is 26.4 Å². The highest BCUT2D eigenvalue weighted by Crippen LogP contribution is 2.16. The lowest BCUT2D eigenvalue weighted by molar-refractivity contribution is -0.121. The average Bonchev–Trinajstić information content (AvgIpc) is 3.17. The number of para-hydroxylation sites is 1. The number of imidazole rings is 1. The summed E-state index contributed by atoms with van der Waals surface area (Å²) in [5.41, 5.74) is 1.50. The van der Waals surface area contributed by atoms with Gasteiger partial charge in [-0.05, 0) is 36.8 Å². The van der Waals surface area contributed by atoms with Crippen molar-refractivity contribution in [2.75, 3.05) is 0 Å². The fourth-order valence-corrected chi connectivity index (χ4v) is 3.26. The largest absolute Gasteiger partial charge is 0.352 e. The Morgan fingerprint density at radius 3 is 2.77 bits per heavy atom. The zero-order valence-electron chi connectivity index (χ0n) is 16.4. The van der Waals surface area contributed by atoms with Crippen molar-refractivity contribution in [3.8, 4) is 5.69 Å². The smallest absolute Gasteiger partial charge is 0.261 e. The maximum absolute atomic E-state index is 14.5. The molecular formula is C22H20FN5O2. The van der Waals surface area contributed by atoms with Crippen molar-refractivity contribution in [3.05, 3.63) is 88.7 Å². The number of hydrogen-bond donors (Lipinski definition) is 1. The fraction of sp³-hybridized carbons (Fsp3) is 0.182. The van der Waals surface area contributed by atoms with E-state index in [-0.39, 0.29) is 31.0 Å². The fourth-order valence-electron chi connectivity index (χ4n) is 3.26. The molecule has 2 heterocycles. The summed E-state index contributed by atoms with van der Waals surface area (Å²) in [5.74, 6) is 0.0648. The van der Waals surface area contributed by atoms with Crippen LogP contribution in [0.4, 0.5) is 4.39 Å². The van der Waals surface area contributed by atoms with Crippen LogP contribution >= 0.6 is 0 Å². The van der Waals surface area contributed by atoms with Crippen LogP contribution in [0.3, 0.4) is 0 Å². The van der Waals surface area contributed by atoms with E-state index in [4.69, 9.17) is 0 Å². The standard InChI is InChI=1S/C22H20FN5O2/c1-15-24-9-11-28(15)20-7-6-16(12-18(20)23)13-25-21(29)8-10-27-14-26-19-5-3-2-4-17(19)22(27)30/h2-7,9,11-12,14H,8,10,13H2,1H3,(H,25,29). The SMILES string of the molecule is Cc1nccn1-c1ccc(CNC(=O)CCn2cnc3ccccc3c2=O)cc1F. The first kappa shape index (κ1) is 19.5. The minimum Gasteiger partial charge on any atom is -0.352 e. The second kappa shape index (κ2) is 8.28. The van der Waals surface area contributed by atoms with E-state index in [9.17, 15) is 14.0 Å². The Labute approximate surface area is 171 Å². The van der Waals surface area contributed by atoms with Crippen LogP contribution in [-0.4, -0.2) is 25.0 Å². The molecule has 0 radical (unpaired) electrons. The van der Waals surface area contributed by atoms with Crippen LogP contribution in [0.25, 0.3) is 16.6 Å². The van der Waals surface area contributed by atoms with Gasteiger partial charge in [0.15, 0.2) is 0 Å². The summed E-state index contributed by atoms with van der Waals surface area (Å²) in [5, 5.41) is 3.28. The van der Waals surface area contributed by atoms with E-state index >= 15 is 0 Å². The normalized spacial score (nSPS) is 11.0. The predicted molar refractivity (Wildman–Crippen MR) is 111 cm³/mol. The summed E-state index contributed by atoms with van der Waals surface area (Å²) in [6.07, 6.45) is 4.87. The van der Waals surface area contributed by atoms with Crippen LogP contribution in [-0.2, 0) is 17.9 Å². The lowest BCUT2D eigenvalue weighted by Gasteiger charge is -2.10. The molecule has 30 heavy (non-hydrogen) atoms. The van der Waals surface area contributed by atoms with Gasteiger partial charge in [-0.15, -0.1) is 0 Å². The van der Waals surface area contributed by atoms with Crippen LogP contribution in [0.15, 0.2) is 66.0 Å². The lowest BCUT2D eigenvalue weighted by atomic mass is 10.2. The third kappa shape index (κ3) is 3.98. The van der Waals surface area contributed by atoms with Crippen molar-refractivity contribution in [3.63, 3.8) is 0 Å². The molecule has 1 amide bonds. The Bertz CT molecular complexity index is 1280. The number of hydrogen-bond acceptors (Lipinski definition) is 4. The number of amides is 1. The summed E-state index contributed by atoms with van der Waals surface area (Å²) < 4.78 is 17.5. The number of benzene rings is 2. The van der Waals surface area contributed by atoms with Gasteiger partial charge in [-0.3, -0.25) is 14.2 Å². The van der Waals surface area contributed by atoms with E-state index in [2.05, 4.69) is 15.3 Å². The van der Waals surface area contributed by atoms with Crippen LogP contribution in [0.1, 0.15) is 17.8 Å². The van der Waals surface area contributed by atoms with Crippen LogP contribution in [0.5, 0.6) is 0 Å². The van der Waals surface area contributed by atoms with Gasteiger partial charge in [0.25, 0.3) is 5.56 Å². The first-order chi connectivity index (χ1) is 14.5. The average molecular weight is 405 g/mol. The van der Waals surface area contributed by atoms with Crippen molar-refractivity contribution >= 4 is 16.8 Å². The van der Waals surface area contributed by atoms with Crippen LogP contribution in [0.2, 0.25) is 0 Å². The minimum atomic E-state index is -0.392. The van der Waals surface area contributed by atoms with E-state index in [0.29, 0.717) is 28.0 Å². The van der Waals surface area contributed by atoms with Gasteiger partial charge in [0.05, 0.1) is 22.9 Å². The Morgan fingerprint density at radius 1 is 1.17 bits per heavy atom. The maximum atomic E-state index is 14.5. The third-order valence-electron chi connectivity index (χ3n) is 4.90.